The van der Waals surface area contributed by atoms with Gasteiger partial charge in [-0.15, -0.1) is 0 Å². The summed E-state index contributed by atoms with van der Waals surface area (Å²) in [6.45, 7) is 3.53. The van der Waals surface area contributed by atoms with Crippen LogP contribution in [0.2, 0.25) is 0 Å². The van der Waals surface area contributed by atoms with E-state index in [1.807, 2.05) is 30.6 Å². The van der Waals surface area contributed by atoms with Crippen LogP contribution in [-0.4, -0.2) is 50.9 Å². The molecule has 6 nitrogen and oxygen atoms in total. The highest BCUT2D eigenvalue weighted by molar-refractivity contribution is 6.02. The molecule has 1 aromatic heterocycles. The van der Waals surface area contributed by atoms with Gasteiger partial charge in [0.25, 0.3) is 5.91 Å². The van der Waals surface area contributed by atoms with E-state index in [-0.39, 0.29) is 17.8 Å². The lowest BCUT2D eigenvalue weighted by Crippen LogP contribution is -2.52. The van der Waals surface area contributed by atoms with Gasteiger partial charge in [-0.2, -0.15) is 0 Å². The molecule has 0 radical (unpaired) electrons. The highest BCUT2D eigenvalue weighted by atomic mass is 19.1. The van der Waals surface area contributed by atoms with E-state index in [1.165, 1.54) is 24.3 Å². The first-order valence-electron chi connectivity index (χ1n) is 13.5. The summed E-state index contributed by atoms with van der Waals surface area (Å²) in [5.74, 6) is -0.0390. The monoisotopic (exact) mass is 527 g/mol. The van der Waals surface area contributed by atoms with Crippen LogP contribution in [0.25, 0.3) is 11.4 Å². The number of aromatic nitrogens is 2. The number of nitrogens with one attached hydrogen (secondary N) is 1. The Labute approximate surface area is 226 Å². The van der Waals surface area contributed by atoms with Crippen LogP contribution in [0.4, 0.5) is 14.5 Å². The number of anilines is 1. The molecule has 8 heteroatoms. The van der Waals surface area contributed by atoms with Crippen LogP contribution in [0.3, 0.4) is 0 Å². The largest absolute Gasteiger partial charge is 0.361 e. The lowest BCUT2D eigenvalue weighted by atomic mass is 9.96. The maximum Gasteiger partial charge on any atom is 0.258 e. The number of amides is 1. The van der Waals surface area contributed by atoms with Gasteiger partial charge < -0.3 is 19.7 Å². The molecule has 2 aliphatic heterocycles. The Morgan fingerprint density at radius 2 is 1.69 bits per heavy atom. The van der Waals surface area contributed by atoms with Crippen molar-refractivity contribution in [2.75, 3.05) is 25.0 Å². The van der Waals surface area contributed by atoms with Crippen LogP contribution < -0.4 is 5.32 Å². The number of carbonyl (C=O) groups excluding carboxylic acids is 1. The minimum Gasteiger partial charge on any atom is -0.361 e. The second-order valence-corrected chi connectivity index (χ2v) is 10.2. The first-order valence-corrected chi connectivity index (χ1v) is 13.5. The van der Waals surface area contributed by atoms with Gasteiger partial charge in [-0.3, -0.25) is 4.79 Å². The van der Waals surface area contributed by atoms with Gasteiger partial charge in [0.2, 0.25) is 0 Å². The zero-order valence-corrected chi connectivity index (χ0v) is 21.6. The number of nitrogens with zero attached hydrogens (tertiary/aromatic N) is 4. The molecule has 1 unspecified atom stereocenters. The van der Waals surface area contributed by atoms with Gasteiger partial charge in [0.1, 0.15) is 23.6 Å². The second kappa shape index (κ2) is 11.0. The van der Waals surface area contributed by atoms with Gasteiger partial charge in [0.15, 0.2) is 0 Å². The lowest BCUT2D eigenvalue weighted by molar-refractivity contribution is 0.0446. The molecule has 4 aromatic rings. The van der Waals surface area contributed by atoms with Crippen molar-refractivity contribution in [3.8, 4) is 11.4 Å². The topological polar surface area (TPSA) is 53.4 Å². The molecule has 1 saturated heterocycles. The van der Waals surface area contributed by atoms with Crippen molar-refractivity contribution in [1.29, 1.82) is 0 Å². The molecule has 39 heavy (non-hydrogen) atoms. The number of likely N-dealkylation sites (tertiary alicyclic amines) is 1. The van der Waals surface area contributed by atoms with Gasteiger partial charge in [-0.05, 0) is 50.1 Å². The average Bonchev–Trinajstić information content (AvgIpc) is 3.43. The lowest BCUT2D eigenvalue weighted by Gasteiger charge is -2.45. The molecular formula is C31H31F2N5O. The number of piperidine rings is 1. The van der Waals surface area contributed by atoms with E-state index in [2.05, 4.69) is 31.9 Å². The summed E-state index contributed by atoms with van der Waals surface area (Å²) >= 11 is 0. The number of fused-ring (bicyclic) bond motifs is 1. The molecule has 0 spiro atoms. The second-order valence-electron chi connectivity index (χ2n) is 10.2. The zero-order chi connectivity index (χ0) is 26.8. The van der Waals surface area contributed by atoms with Crippen molar-refractivity contribution >= 4 is 11.6 Å². The Morgan fingerprint density at radius 3 is 2.49 bits per heavy atom. The minimum atomic E-state index is -0.692. The maximum atomic E-state index is 14.9. The average molecular weight is 528 g/mol. The third-order valence-corrected chi connectivity index (χ3v) is 7.79. The number of hydrogen-bond acceptors (Lipinski definition) is 4. The quantitative estimate of drug-likeness (QED) is 0.323. The zero-order valence-electron chi connectivity index (χ0n) is 21.6. The molecule has 6 rings (SSSR count). The summed E-state index contributed by atoms with van der Waals surface area (Å²) in [5.41, 5.74) is 2.31. The van der Waals surface area contributed by atoms with Gasteiger partial charge in [-0.25, -0.2) is 13.8 Å². The fraction of sp³-hybridized carbons (Fsp3) is 0.290. The Morgan fingerprint density at radius 1 is 0.923 bits per heavy atom. The Bertz CT molecular complexity index is 1450. The van der Waals surface area contributed by atoms with Gasteiger partial charge in [0, 0.05) is 49.2 Å². The predicted molar refractivity (Wildman–Crippen MR) is 147 cm³/mol. The SMILES string of the molecule is O=C1c2ccc(F)cc2NC(c2ccccc2F)N1C1CCN(CCCn2ccnc2-c2ccccc2)CC1. The van der Waals surface area contributed by atoms with Gasteiger partial charge in [0.05, 0.1) is 11.3 Å². The molecule has 1 N–H and O–H groups in total. The molecule has 0 saturated carbocycles. The molecule has 0 aliphatic carbocycles. The predicted octanol–water partition coefficient (Wildman–Crippen LogP) is 5.95. The number of halogens is 2. The standard InChI is InChI=1S/C31H31F2N5O/c32-23-11-12-26-28(21-23)35-30(25-9-4-5-10-27(25)33)38(31(26)39)24-13-18-36(19-14-24)16-6-17-37-20-15-34-29(37)22-7-2-1-3-8-22/h1-5,7-12,15,20-21,24,30,35H,6,13-14,16-19H2. The van der Waals surface area contributed by atoms with Crippen molar-refractivity contribution < 1.29 is 13.6 Å². The van der Waals surface area contributed by atoms with Crippen molar-refractivity contribution in [2.45, 2.75) is 38.0 Å². The van der Waals surface area contributed by atoms with E-state index in [0.717, 1.165) is 56.8 Å². The fourth-order valence-corrected chi connectivity index (χ4v) is 5.82. The summed E-state index contributed by atoms with van der Waals surface area (Å²) in [4.78, 5) is 22.4. The number of hydrogen-bond donors (Lipinski definition) is 1. The van der Waals surface area contributed by atoms with Crippen molar-refractivity contribution in [3.05, 3.63) is 108 Å². The van der Waals surface area contributed by atoms with Crippen LogP contribution in [0, 0.1) is 11.6 Å². The molecule has 200 valence electrons. The van der Waals surface area contributed by atoms with Crippen molar-refractivity contribution in [3.63, 3.8) is 0 Å². The fourth-order valence-electron chi connectivity index (χ4n) is 5.82. The van der Waals surface area contributed by atoms with Crippen LogP contribution in [0.5, 0.6) is 0 Å². The highest BCUT2D eigenvalue weighted by Gasteiger charge is 2.39. The third kappa shape index (κ3) is 5.16. The first-order chi connectivity index (χ1) is 19.1. The van der Waals surface area contributed by atoms with E-state index in [4.69, 9.17) is 0 Å². The van der Waals surface area contributed by atoms with Crippen molar-refractivity contribution in [2.24, 2.45) is 0 Å². The molecular weight excluding hydrogens is 496 g/mol. The minimum absolute atomic E-state index is 0.0533. The summed E-state index contributed by atoms with van der Waals surface area (Å²) < 4.78 is 31.1. The van der Waals surface area contributed by atoms with Gasteiger partial charge >= 0.3 is 0 Å². The molecule has 1 atom stereocenters. The van der Waals surface area contributed by atoms with E-state index >= 15 is 0 Å². The summed E-state index contributed by atoms with van der Waals surface area (Å²) in [6, 6.07) is 20.7. The molecule has 3 aromatic carbocycles. The molecule has 3 heterocycles. The highest BCUT2D eigenvalue weighted by Crippen LogP contribution is 2.38. The van der Waals surface area contributed by atoms with Crippen LogP contribution in [0.1, 0.15) is 41.3 Å². The van der Waals surface area contributed by atoms with Crippen LogP contribution in [0.15, 0.2) is 85.2 Å². The third-order valence-electron chi connectivity index (χ3n) is 7.79. The Balaban J connectivity index is 1.12. The number of aryl methyl sites for hydroxylation is 1. The van der Waals surface area contributed by atoms with E-state index in [0.29, 0.717) is 16.8 Å². The number of rotatable bonds is 7. The summed E-state index contributed by atoms with van der Waals surface area (Å²) in [5, 5.41) is 3.26. The van der Waals surface area contributed by atoms with Crippen LogP contribution >= 0.6 is 0 Å². The van der Waals surface area contributed by atoms with E-state index in [9.17, 15) is 13.6 Å². The molecule has 2 aliphatic rings. The number of imidazole rings is 1. The van der Waals surface area contributed by atoms with Crippen molar-refractivity contribution in [1.82, 2.24) is 19.4 Å². The number of benzene rings is 3. The Hall–Kier alpha value is -4.04. The normalized spacial score (nSPS) is 18.2. The Kier molecular flexibility index (Phi) is 7.11. The maximum absolute atomic E-state index is 14.9. The molecule has 1 fully saturated rings. The van der Waals surface area contributed by atoms with E-state index in [1.54, 1.807) is 23.1 Å². The van der Waals surface area contributed by atoms with Crippen LogP contribution in [-0.2, 0) is 6.54 Å². The smallest absolute Gasteiger partial charge is 0.258 e. The van der Waals surface area contributed by atoms with E-state index < -0.39 is 12.0 Å². The summed E-state index contributed by atoms with van der Waals surface area (Å²) in [7, 11) is 0. The van der Waals surface area contributed by atoms with Gasteiger partial charge in [-0.1, -0.05) is 48.5 Å². The molecule has 1 amide bonds. The molecule has 0 bridgehead atoms. The summed E-state index contributed by atoms with van der Waals surface area (Å²) in [6.07, 6.45) is 5.74. The first kappa shape index (κ1) is 25.2. The number of carbonyl (C=O) groups is 1.